The van der Waals surface area contributed by atoms with Crippen LogP contribution in [0.3, 0.4) is 0 Å². The van der Waals surface area contributed by atoms with E-state index in [0.29, 0.717) is 12.1 Å². The normalized spacial score (nSPS) is 16.1. The van der Waals surface area contributed by atoms with Crippen LogP contribution in [-0.4, -0.2) is 39.1 Å². The minimum Gasteiger partial charge on any atom is -0.454 e. The van der Waals surface area contributed by atoms with Crippen LogP contribution in [0.2, 0.25) is 0 Å². The van der Waals surface area contributed by atoms with Gasteiger partial charge in [0, 0.05) is 11.6 Å². The molecule has 0 bridgehead atoms. The van der Waals surface area contributed by atoms with Crippen LogP contribution in [0, 0.1) is 5.82 Å². The molecule has 0 saturated heterocycles. The first-order valence-electron chi connectivity index (χ1n) is 8.25. The van der Waals surface area contributed by atoms with E-state index in [4.69, 9.17) is 4.74 Å². The van der Waals surface area contributed by atoms with Crippen LogP contribution in [0.25, 0.3) is 0 Å². The number of fused-ring (bicyclic) bond motifs is 1. The number of Topliss-reactive ketones (excluding diaryl/α,β-unsaturated/α-hetero) is 1. The van der Waals surface area contributed by atoms with Gasteiger partial charge in [-0.15, -0.1) is 0 Å². The molecule has 0 saturated carbocycles. The number of hydrogen-bond donors (Lipinski definition) is 0. The molecular weight excluding hydrogens is 373 g/mol. The molecule has 8 heteroatoms. The monoisotopic (exact) mass is 391 g/mol. The van der Waals surface area contributed by atoms with Gasteiger partial charge in [0.05, 0.1) is 17.5 Å². The summed E-state index contributed by atoms with van der Waals surface area (Å²) in [5, 5.41) is 0. The molecule has 0 unspecified atom stereocenters. The third-order valence-corrected chi connectivity index (χ3v) is 5.58. The summed E-state index contributed by atoms with van der Waals surface area (Å²) in [7, 11) is -3.41. The SMILES string of the molecule is C[C@@H]1Cc2cc(C(=O)OCC(=O)c3cccc(F)c3)ccc2N1S(C)(=O)=O. The topological polar surface area (TPSA) is 80.8 Å². The molecule has 3 rings (SSSR count). The summed E-state index contributed by atoms with van der Waals surface area (Å²) in [6.45, 7) is 1.28. The molecule has 0 aromatic heterocycles. The summed E-state index contributed by atoms with van der Waals surface area (Å²) in [6, 6.07) is 9.49. The summed E-state index contributed by atoms with van der Waals surface area (Å²) in [5.74, 6) is -1.76. The lowest BCUT2D eigenvalue weighted by Gasteiger charge is -2.21. The Bertz CT molecular complexity index is 1020. The molecule has 1 aliphatic heterocycles. The van der Waals surface area contributed by atoms with Gasteiger partial charge in [0.15, 0.2) is 12.4 Å². The molecule has 2 aromatic carbocycles. The number of ketones is 1. The number of rotatable bonds is 5. The van der Waals surface area contributed by atoms with E-state index in [2.05, 4.69) is 0 Å². The van der Waals surface area contributed by atoms with Crippen molar-refractivity contribution in [2.45, 2.75) is 19.4 Å². The molecule has 142 valence electrons. The number of anilines is 1. The molecule has 1 atom stereocenters. The van der Waals surface area contributed by atoms with Crippen molar-refractivity contribution in [2.75, 3.05) is 17.2 Å². The average Bonchev–Trinajstić information content (AvgIpc) is 2.94. The summed E-state index contributed by atoms with van der Waals surface area (Å²) in [4.78, 5) is 24.2. The molecule has 27 heavy (non-hydrogen) atoms. The molecule has 0 radical (unpaired) electrons. The first-order valence-corrected chi connectivity index (χ1v) is 10.1. The van der Waals surface area contributed by atoms with Gasteiger partial charge in [-0.1, -0.05) is 12.1 Å². The van der Waals surface area contributed by atoms with E-state index in [1.807, 2.05) is 0 Å². The van der Waals surface area contributed by atoms with Crippen molar-refractivity contribution >= 4 is 27.5 Å². The fraction of sp³-hybridized carbons (Fsp3) is 0.263. The molecule has 2 aromatic rings. The van der Waals surface area contributed by atoms with Crippen molar-refractivity contribution in [1.29, 1.82) is 0 Å². The Kier molecular flexibility index (Phi) is 5.01. The maximum Gasteiger partial charge on any atom is 0.338 e. The van der Waals surface area contributed by atoms with E-state index in [-0.39, 0.29) is 17.2 Å². The van der Waals surface area contributed by atoms with Crippen LogP contribution in [0.1, 0.15) is 33.2 Å². The first kappa shape index (κ1) is 19.0. The highest BCUT2D eigenvalue weighted by atomic mass is 32.2. The number of ether oxygens (including phenoxy) is 1. The number of esters is 1. The third kappa shape index (κ3) is 4.00. The third-order valence-electron chi connectivity index (χ3n) is 4.31. The zero-order chi connectivity index (χ0) is 19.8. The summed E-state index contributed by atoms with van der Waals surface area (Å²) in [5.41, 5.74) is 1.61. The van der Waals surface area contributed by atoms with Gasteiger partial charge in [-0.05, 0) is 49.2 Å². The van der Waals surface area contributed by atoms with Crippen molar-refractivity contribution in [3.63, 3.8) is 0 Å². The lowest BCUT2D eigenvalue weighted by molar-refractivity contribution is 0.0474. The second-order valence-electron chi connectivity index (χ2n) is 6.47. The zero-order valence-corrected chi connectivity index (χ0v) is 15.6. The molecule has 0 spiro atoms. The molecular formula is C19H18FNO5S. The standard InChI is InChI=1S/C19H18FNO5S/c1-12-8-15-9-14(6-7-17(15)21(12)27(2,24)25)19(23)26-11-18(22)13-4-3-5-16(20)10-13/h3-7,9-10,12H,8,11H2,1-2H3/t12-/m1/s1. The number of halogens is 1. The van der Waals surface area contributed by atoms with Crippen LogP contribution in [0.15, 0.2) is 42.5 Å². The smallest absolute Gasteiger partial charge is 0.338 e. The fourth-order valence-corrected chi connectivity index (χ4v) is 4.46. The lowest BCUT2D eigenvalue weighted by atomic mass is 10.1. The molecule has 6 nitrogen and oxygen atoms in total. The molecule has 1 heterocycles. The summed E-state index contributed by atoms with van der Waals surface area (Å²) in [6.07, 6.45) is 1.62. The maximum absolute atomic E-state index is 13.2. The number of sulfonamides is 1. The van der Waals surface area contributed by atoms with E-state index in [9.17, 15) is 22.4 Å². The number of carbonyl (C=O) groups excluding carboxylic acids is 2. The van der Waals surface area contributed by atoms with Crippen LogP contribution < -0.4 is 4.31 Å². The molecule has 1 aliphatic rings. The van der Waals surface area contributed by atoms with Gasteiger partial charge < -0.3 is 4.74 Å². The minimum absolute atomic E-state index is 0.120. The van der Waals surface area contributed by atoms with Crippen LogP contribution in [0.5, 0.6) is 0 Å². The highest BCUT2D eigenvalue weighted by Crippen LogP contribution is 2.34. The number of hydrogen-bond acceptors (Lipinski definition) is 5. The van der Waals surface area contributed by atoms with Crippen LogP contribution in [0.4, 0.5) is 10.1 Å². The second kappa shape index (κ2) is 7.11. The zero-order valence-electron chi connectivity index (χ0n) is 14.8. The Morgan fingerprint density at radius 3 is 2.59 bits per heavy atom. The van der Waals surface area contributed by atoms with Crippen LogP contribution >= 0.6 is 0 Å². The number of nitrogens with zero attached hydrogens (tertiary/aromatic N) is 1. The van der Waals surface area contributed by atoms with Gasteiger partial charge in [-0.2, -0.15) is 0 Å². The Balaban J connectivity index is 1.72. The van der Waals surface area contributed by atoms with Crippen LogP contribution in [-0.2, 0) is 21.2 Å². The molecule has 0 fully saturated rings. The Morgan fingerprint density at radius 1 is 1.19 bits per heavy atom. The number of carbonyl (C=O) groups is 2. The van der Waals surface area contributed by atoms with Gasteiger partial charge >= 0.3 is 5.97 Å². The summed E-state index contributed by atoms with van der Waals surface area (Å²) >= 11 is 0. The van der Waals surface area contributed by atoms with Crippen molar-refractivity contribution in [1.82, 2.24) is 0 Å². The van der Waals surface area contributed by atoms with Gasteiger partial charge in [0.2, 0.25) is 10.0 Å². The molecule has 0 N–H and O–H groups in total. The van der Waals surface area contributed by atoms with Gasteiger partial charge in [-0.3, -0.25) is 9.10 Å². The largest absolute Gasteiger partial charge is 0.454 e. The predicted molar refractivity (Wildman–Crippen MR) is 97.9 cm³/mol. The van der Waals surface area contributed by atoms with E-state index in [1.54, 1.807) is 19.1 Å². The maximum atomic E-state index is 13.2. The lowest BCUT2D eigenvalue weighted by Crippen LogP contribution is -2.34. The highest BCUT2D eigenvalue weighted by Gasteiger charge is 2.32. The molecule has 0 amide bonds. The highest BCUT2D eigenvalue weighted by molar-refractivity contribution is 7.92. The van der Waals surface area contributed by atoms with Gasteiger partial charge in [-0.25, -0.2) is 17.6 Å². The minimum atomic E-state index is -3.41. The Labute approximate surface area is 156 Å². The second-order valence-corrected chi connectivity index (χ2v) is 8.32. The fourth-order valence-electron chi connectivity index (χ4n) is 3.19. The quantitative estimate of drug-likeness (QED) is 0.578. The van der Waals surface area contributed by atoms with Crippen molar-refractivity contribution in [3.05, 3.63) is 65.0 Å². The van der Waals surface area contributed by atoms with Crippen molar-refractivity contribution < 1.29 is 27.1 Å². The predicted octanol–water partition coefficient (Wildman–Crippen LogP) is 2.58. The van der Waals surface area contributed by atoms with E-state index in [1.165, 1.54) is 28.6 Å². The average molecular weight is 391 g/mol. The van der Waals surface area contributed by atoms with E-state index in [0.717, 1.165) is 17.9 Å². The first-order chi connectivity index (χ1) is 12.7. The van der Waals surface area contributed by atoms with E-state index < -0.39 is 34.2 Å². The molecule has 0 aliphatic carbocycles. The van der Waals surface area contributed by atoms with Gasteiger partial charge in [0.25, 0.3) is 0 Å². The van der Waals surface area contributed by atoms with Crippen molar-refractivity contribution in [3.8, 4) is 0 Å². The van der Waals surface area contributed by atoms with E-state index >= 15 is 0 Å². The number of benzene rings is 2. The van der Waals surface area contributed by atoms with Crippen molar-refractivity contribution in [2.24, 2.45) is 0 Å². The Morgan fingerprint density at radius 2 is 1.93 bits per heavy atom. The Hall–Kier alpha value is -2.74. The summed E-state index contributed by atoms with van der Waals surface area (Å²) < 4.78 is 43.4. The van der Waals surface area contributed by atoms with Gasteiger partial charge in [0.1, 0.15) is 5.82 Å².